The number of ether oxygens (including phenoxy) is 1. The lowest BCUT2D eigenvalue weighted by Gasteiger charge is -2.29. The zero-order valence-corrected chi connectivity index (χ0v) is 13.8. The molecule has 0 amide bonds. The molecule has 1 aliphatic heterocycles. The normalized spacial score (nSPS) is 17.8. The summed E-state index contributed by atoms with van der Waals surface area (Å²) in [6.45, 7) is 6.92. The molecule has 0 radical (unpaired) electrons. The summed E-state index contributed by atoms with van der Waals surface area (Å²) in [7, 11) is 0. The molecule has 1 N–H and O–H groups in total. The second kappa shape index (κ2) is 6.73. The fraction of sp³-hybridized carbons (Fsp3) is 0.438. The molecule has 1 aromatic carbocycles. The number of fused-ring (bicyclic) bond motifs is 1. The molecule has 0 bridgehead atoms. The van der Waals surface area contributed by atoms with E-state index in [9.17, 15) is 0 Å². The lowest BCUT2D eigenvalue weighted by Crippen LogP contribution is -2.42. The Hall–Kier alpha value is -1.17. The molecule has 1 atom stereocenters. The number of anilines is 1. The number of morpholine rings is 1. The third kappa shape index (κ3) is 3.54. The van der Waals surface area contributed by atoms with Crippen LogP contribution < -0.4 is 5.32 Å². The monoisotopic (exact) mass is 349 g/mol. The van der Waals surface area contributed by atoms with Gasteiger partial charge in [0.15, 0.2) is 0 Å². The first-order valence-electron chi connectivity index (χ1n) is 7.34. The zero-order chi connectivity index (χ0) is 14.7. The Morgan fingerprint density at radius 3 is 2.90 bits per heavy atom. The van der Waals surface area contributed by atoms with Crippen molar-refractivity contribution >= 4 is 32.5 Å². The summed E-state index contributed by atoms with van der Waals surface area (Å²) in [5, 5.41) is 5.89. The number of rotatable bonds is 4. The van der Waals surface area contributed by atoms with Gasteiger partial charge in [-0.2, -0.15) is 0 Å². The van der Waals surface area contributed by atoms with Crippen molar-refractivity contribution in [1.29, 1.82) is 0 Å². The van der Waals surface area contributed by atoms with E-state index in [1.807, 2.05) is 18.3 Å². The van der Waals surface area contributed by atoms with E-state index in [-0.39, 0.29) is 0 Å². The first-order chi connectivity index (χ1) is 10.2. The van der Waals surface area contributed by atoms with E-state index < -0.39 is 0 Å². The Kier molecular flexibility index (Phi) is 4.73. The van der Waals surface area contributed by atoms with Crippen LogP contribution in [0.5, 0.6) is 0 Å². The van der Waals surface area contributed by atoms with Gasteiger partial charge >= 0.3 is 0 Å². The molecular formula is C16H20BrN3O. The van der Waals surface area contributed by atoms with Gasteiger partial charge in [-0.05, 0) is 19.1 Å². The Morgan fingerprint density at radius 2 is 2.10 bits per heavy atom. The molecule has 4 nitrogen and oxygen atoms in total. The van der Waals surface area contributed by atoms with Crippen molar-refractivity contribution in [3.05, 3.63) is 34.9 Å². The van der Waals surface area contributed by atoms with Crippen LogP contribution in [0, 0.1) is 0 Å². The van der Waals surface area contributed by atoms with Crippen LogP contribution >= 0.6 is 15.9 Å². The summed E-state index contributed by atoms with van der Waals surface area (Å²) >= 11 is 3.60. The average Bonchev–Trinajstić information content (AvgIpc) is 2.49. The van der Waals surface area contributed by atoms with Crippen molar-refractivity contribution in [2.45, 2.75) is 13.0 Å². The number of hydrogen-bond acceptors (Lipinski definition) is 4. The number of aromatic nitrogens is 1. The number of nitrogens with one attached hydrogen (secondary N) is 1. The number of hydrogen-bond donors (Lipinski definition) is 1. The summed E-state index contributed by atoms with van der Waals surface area (Å²) in [4.78, 5) is 6.94. The van der Waals surface area contributed by atoms with Crippen molar-refractivity contribution in [1.82, 2.24) is 9.88 Å². The molecule has 1 unspecified atom stereocenters. The summed E-state index contributed by atoms with van der Waals surface area (Å²) in [5.74, 6) is 0.953. The van der Waals surface area contributed by atoms with Gasteiger partial charge in [-0.3, -0.25) is 4.90 Å². The molecule has 5 heteroatoms. The molecule has 1 aliphatic rings. The molecule has 112 valence electrons. The quantitative estimate of drug-likeness (QED) is 0.919. The number of halogens is 1. The third-order valence-corrected chi connectivity index (χ3v) is 4.46. The van der Waals surface area contributed by atoms with Gasteiger partial charge in [-0.25, -0.2) is 4.98 Å². The maximum atomic E-state index is 5.39. The van der Waals surface area contributed by atoms with Gasteiger partial charge < -0.3 is 10.1 Å². The maximum Gasteiger partial charge on any atom is 0.134 e. The highest BCUT2D eigenvalue weighted by Crippen LogP contribution is 2.27. The number of nitrogens with zero attached hydrogens (tertiary/aromatic N) is 2. The van der Waals surface area contributed by atoms with Gasteiger partial charge in [0, 0.05) is 47.1 Å². The maximum absolute atomic E-state index is 5.39. The van der Waals surface area contributed by atoms with Crippen molar-refractivity contribution in [2.75, 3.05) is 38.2 Å². The minimum atomic E-state index is 0.347. The first kappa shape index (κ1) is 14.8. The molecule has 1 saturated heterocycles. The van der Waals surface area contributed by atoms with Gasteiger partial charge in [-0.1, -0.05) is 28.1 Å². The smallest absolute Gasteiger partial charge is 0.134 e. The van der Waals surface area contributed by atoms with E-state index in [1.54, 1.807) is 0 Å². The van der Waals surface area contributed by atoms with Crippen LogP contribution in [0.4, 0.5) is 5.82 Å². The molecule has 3 rings (SSSR count). The van der Waals surface area contributed by atoms with Crippen LogP contribution in [-0.4, -0.2) is 48.8 Å². The van der Waals surface area contributed by atoms with Crippen LogP contribution in [-0.2, 0) is 4.74 Å². The zero-order valence-electron chi connectivity index (χ0n) is 12.2. The average molecular weight is 350 g/mol. The Bertz CT molecular complexity index is 613. The standard InChI is InChI=1S/C16H20BrN3O/c1-12(11-20-7-9-21-10-8-20)19-16-14-3-2-4-15(17)13(14)5-6-18-16/h2-6,12H,7-11H2,1H3,(H,18,19). The summed E-state index contributed by atoms with van der Waals surface area (Å²) in [6.07, 6.45) is 1.86. The number of benzene rings is 1. The fourth-order valence-corrected chi connectivity index (χ4v) is 3.23. The molecule has 2 heterocycles. The fourth-order valence-electron chi connectivity index (χ4n) is 2.73. The highest BCUT2D eigenvalue weighted by atomic mass is 79.9. The SMILES string of the molecule is CC(CN1CCOCC1)Nc1nccc2c(Br)cccc12. The molecule has 0 spiro atoms. The van der Waals surface area contributed by atoms with E-state index in [1.165, 1.54) is 5.39 Å². The highest BCUT2D eigenvalue weighted by Gasteiger charge is 2.14. The summed E-state index contributed by atoms with van der Waals surface area (Å²) < 4.78 is 6.49. The van der Waals surface area contributed by atoms with Crippen molar-refractivity contribution in [2.24, 2.45) is 0 Å². The van der Waals surface area contributed by atoms with Gasteiger partial charge in [0.25, 0.3) is 0 Å². The van der Waals surface area contributed by atoms with E-state index in [4.69, 9.17) is 4.74 Å². The minimum Gasteiger partial charge on any atom is -0.379 e. The van der Waals surface area contributed by atoms with Gasteiger partial charge in [-0.15, -0.1) is 0 Å². The van der Waals surface area contributed by atoms with E-state index >= 15 is 0 Å². The molecular weight excluding hydrogens is 330 g/mol. The predicted molar refractivity (Wildman–Crippen MR) is 89.8 cm³/mol. The second-order valence-corrected chi connectivity index (χ2v) is 6.31. The van der Waals surface area contributed by atoms with Gasteiger partial charge in [0.1, 0.15) is 5.82 Å². The Labute approximate surface area is 133 Å². The van der Waals surface area contributed by atoms with Gasteiger partial charge in [0.05, 0.1) is 13.2 Å². The van der Waals surface area contributed by atoms with E-state index in [2.05, 4.69) is 50.2 Å². The van der Waals surface area contributed by atoms with Crippen LogP contribution in [0.25, 0.3) is 10.8 Å². The third-order valence-electron chi connectivity index (χ3n) is 3.77. The van der Waals surface area contributed by atoms with Crippen molar-refractivity contribution in [3.63, 3.8) is 0 Å². The van der Waals surface area contributed by atoms with Crippen molar-refractivity contribution in [3.8, 4) is 0 Å². The van der Waals surface area contributed by atoms with Crippen LogP contribution in [0.15, 0.2) is 34.9 Å². The molecule has 0 saturated carbocycles. The minimum absolute atomic E-state index is 0.347. The summed E-state index contributed by atoms with van der Waals surface area (Å²) in [5.41, 5.74) is 0. The van der Waals surface area contributed by atoms with Gasteiger partial charge in [0.2, 0.25) is 0 Å². The molecule has 21 heavy (non-hydrogen) atoms. The van der Waals surface area contributed by atoms with Crippen molar-refractivity contribution < 1.29 is 4.74 Å². The molecule has 1 aromatic heterocycles. The van der Waals surface area contributed by atoms with E-state index in [0.717, 1.165) is 48.5 Å². The lowest BCUT2D eigenvalue weighted by molar-refractivity contribution is 0.0368. The molecule has 2 aromatic rings. The number of pyridine rings is 1. The Morgan fingerprint density at radius 1 is 1.29 bits per heavy atom. The molecule has 0 aliphatic carbocycles. The Balaban J connectivity index is 1.73. The molecule has 1 fully saturated rings. The predicted octanol–water partition coefficient (Wildman–Crippen LogP) is 3.13. The van der Waals surface area contributed by atoms with Crippen LogP contribution in [0.2, 0.25) is 0 Å². The first-order valence-corrected chi connectivity index (χ1v) is 8.13. The topological polar surface area (TPSA) is 37.4 Å². The van der Waals surface area contributed by atoms with Crippen LogP contribution in [0.3, 0.4) is 0 Å². The largest absolute Gasteiger partial charge is 0.379 e. The highest BCUT2D eigenvalue weighted by molar-refractivity contribution is 9.10. The second-order valence-electron chi connectivity index (χ2n) is 5.45. The lowest BCUT2D eigenvalue weighted by atomic mass is 10.1. The van der Waals surface area contributed by atoms with E-state index in [0.29, 0.717) is 6.04 Å². The van der Waals surface area contributed by atoms with Crippen LogP contribution in [0.1, 0.15) is 6.92 Å². The summed E-state index contributed by atoms with van der Waals surface area (Å²) in [6, 6.07) is 8.60.